The molecule has 1 aromatic heterocycles. The van der Waals surface area contributed by atoms with Gasteiger partial charge < -0.3 is 0 Å². The Morgan fingerprint density at radius 2 is 1.71 bits per heavy atom. The number of aryl methyl sites for hydroxylation is 4. The Balaban J connectivity index is 1.79. The molecule has 0 spiro atoms. The second-order valence-corrected chi connectivity index (χ2v) is 7.35. The average Bonchev–Trinajstić information content (AvgIpc) is 2.69. The maximum Gasteiger partial charge on any atom is 0.177 e. The molecule has 1 nitrogen and oxygen atoms in total. The van der Waals surface area contributed by atoms with E-state index in [1.807, 2.05) is 0 Å². The smallest absolute Gasteiger partial charge is 0.177 e. The number of thiophene rings is 1. The van der Waals surface area contributed by atoms with Gasteiger partial charge in [-0.3, -0.25) is 4.79 Å². The lowest BCUT2D eigenvalue weighted by molar-refractivity contribution is 0.0997. The standard InChI is InChI=1S/C19H22OS/c1-13-8-14(2)10-15(9-13)11-17(20)19-12-16-6-4-3-5-7-18(16)21-19/h8-10,12H,3-7,11H2,1-2H3. The van der Waals surface area contributed by atoms with Crippen molar-refractivity contribution < 1.29 is 4.79 Å². The summed E-state index contributed by atoms with van der Waals surface area (Å²) in [4.78, 5) is 15.0. The molecule has 0 amide bonds. The topological polar surface area (TPSA) is 17.1 Å². The van der Waals surface area contributed by atoms with Gasteiger partial charge in [0.25, 0.3) is 0 Å². The molecule has 110 valence electrons. The van der Waals surface area contributed by atoms with E-state index in [2.05, 4.69) is 38.1 Å². The number of rotatable bonds is 3. The fraction of sp³-hybridized carbons (Fsp3) is 0.421. The molecule has 3 rings (SSSR count). The Kier molecular flexibility index (Phi) is 4.25. The first-order chi connectivity index (χ1) is 10.1. The van der Waals surface area contributed by atoms with Gasteiger partial charge in [-0.25, -0.2) is 0 Å². The summed E-state index contributed by atoms with van der Waals surface area (Å²) in [7, 11) is 0. The van der Waals surface area contributed by atoms with Crippen molar-refractivity contribution in [1.82, 2.24) is 0 Å². The molecule has 0 N–H and O–H groups in total. The molecule has 0 saturated carbocycles. The van der Waals surface area contributed by atoms with Crippen LogP contribution in [0, 0.1) is 13.8 Å². The minimum absolute atomic E-state index is 0.276. The van der Waals surface area contributed by atoms with E-state index in [9.17, 15) is 4.79 Å². The predicted molar refractivity (Wildman–Crippen MR) is 89.5 cm³/mol. The van der Waals surface area contributed by atoms with Crippen LogP contribution < -0.4 is 0 Å². The molecule has 0 bridgehead atoms. The molecule has 0 aliphatic heterocycles. The van der Waals surface area contributed by atoms with E-state index in [-0.39, 0.29) is 5.78 Å². The van der Waals surface area contributed by atoms with Crippen LogP contribution in [0.2, 0.25) is 0 Å². The highest BCUT2D eigenvalue weighted by Crippen LogP contribution is 2.29. The van der Waals surface area contributed by atoms with Gasteiger partial charge >= 0.3 is 0 Å². The summed E-state index contributed by atoms with van der Waals surface area (Å²) in [5, 5.41) is 0. The van der Waals surface area contributed by atoms with E-state index in [4.69, 9.17) is 0 Å². The summed E-state index contributed by atoms with van der Waals surface area (Å²) in [5.41, 5.74) is 5.04. The summed E-state index contributed by atoms with van der Waals surface area (Å²) in [6.45, 7) is 4.18. The number of fused-ring (bicyclic) bond motifs is 1. The molecule has 2 aromatic rings. The highest BCUT2D eigenvalue weighted by atomic mass is 32.1. The Bertz CT molecular complexity index is 622. The number of ketones is 1. The lowest BCUT2D eigenvalue weighted by Gasteiger charge is -2.03. The first-order valence-electron chi connectivity index (χ1n) is 7.84. The molecule has 21 heavy (non-hydrogen) atoms. The van der Waals surface area contributed by atoms with E-state index in [0.29, 0.717) is 6.42 Å². The lowest BCUT2D eigenvalue weighted by Crippen LogP contribution is -2.02. The van der Waals surface area contributed by atoms with E-state index >= 15 is 0 Å². The van der Waals surface area contributed by atoms with Crippen molar-refractivity contribution in [3.8, 4) is 0 Å². The summed E-state index contributed by atoms with van der Waals surface area (Å²) in [5.74, 6) is 0.276. The molecule has 1 aromatic carbocycles. The minimum atomic E-state index is 0.276. The van der Waals surface area contributed by atoms with Crippen LogP contribution in [0.5, 0.6) is 0 Å². The third-order valence-corrected chi connectivity index (χ3v) is 5.45. The Hall–Kier alpha value is -1.41. The number of Topliss-reactive ketones (excluding diaryl/α,β-unsaturated/α-hetero) is 1. The molecule has 1 aliphatic carbocycles. The van der Waals surface area contributed by atoms with Crippen molar-refractivity contribution in [3.63, 3.8) is 0 Å². The lowest BCUT2D eigenvalue weighted by atomic mass is 10.0. The molecular formula is C19H22OS. The highest BCUT2D eigenvalue weighted by Gasteiger charge is 2.16. The van der Waals surface area contributed by atoms with Crippen molar-refractivity contribution in [2.45, 2.75) is 52.4 Å². The van der Waals surface area contributed by atoms with E-state index in [1.54, 1.807) is 11.3 Å². The van der Waals surface area contributed by atoms with Crippen LogP contribution >= 0.6 is 11.3 Å². The maximum absolute atomic E-state index is 12.6. The van der Waals surface area contributed by atoms with Crippen molar-refractivity contribution in [1.29, 1.82) is 0 Å². The van der Waals surface area contributed by atoms with Crippen LogP contribution in [-0.4, -0.2) is 5.78 Å². The van der Waals surface area contributed by atoms with Crippen molar-refractivity contribution in [2.75, 3.05) is 0 Å². The zero-order valence-electron chi connectivity index (χ0n) is 12.9. The van der Waals surface area contributed by atoms with Crippen LogP contribution in [0.3, 0.4) is 0 Å². The van der Waals surface area contributed by atoms with Gasteiger partial charge in [-0.2, -0.15) is 0 Å². The Labute approximate surface area is 131 Å². The van der Waals surface area contributed by atoms with Gasteiger partial charge in [0.1, 0.15) is 0 Å². The number of hydrogen-bond donors (Lipinski definition) is 0. The van der Waals surface area contributed by atoms with E-state index < -0.39 is 0 Å². The van der Waals surface area contributed by atoms with Gasteiger partial charge in [-0.15, -0.1) is 11.3 Å². The van der Waals surface area contributed by atoms with Gasteiger partial charge in [0.15, 0.2) is 5.78 Å². The average molecular weight is 298 g/mol. The van der Waals surface area contributed by atoms with Gasteiger partial charge in [-0.1, -0.05) is 35.7 Å². The van der Waals surface area contributed by atoms with Crippen molar-refractivity contribution in [2.24, 2.45) is 0 Å². The van der Waals surface area contributed by atoms with Crippen LogP contribution in [0.25, 0.3) is 0 Å². The quantitative estimate of drug-likeness (QED) is 0.572. The SMILES string of the molecule is Cc1cc(C)cc(CC(=O)c2cc3c(s2)CCCCC3)c1. The third-order valence-electron chi connectivity index (χ3n) is 4.17. The molecule has 0 saturated heterocycles. The molecule has 0 unspecified atom stereocenters. The number of hydrogen-bond acceptors (Lipinski definition) is 2. The summed E-state index contributed by atoms with van der Waals surface area (Å²) in [6.07, 6.45) is 6.72. The van der Waals surface area contributed by atoms with Crippen molar-refractivity contribution in [3.05, 3.63) is 56.3 Å². The fourth-order valence-electron chi connectivity index (χ4n) is 3.25. The van der Waals surface area contributed by atoms with Gasteiger partial charge in [0.05, 0.1) is 4.88 Å². The molecule has 1 aliphatic rings. The number of carbonyl (C=O) groups excluding carboxylic acids is 1. The second-order valence-electron chi connectivity index (χ2n) is 6.22. The molecule has 0 atom stereocenters. The van der Waals surface area contributed by atoms with E-state index in [1.165, 1.54) is 40.8 Å². The van der Waals surface area contributed by atoms with Gasteiger partial charge in [-0.05, 0) is 56.7 Å². The first kappa shape index (κ1) is 14.5. The molecule has 2 heteroatoms. The van der Waals surface area contributed by atoms with Gasteiger partial charge in [0, 0.05) is 11.3 Å². The molecule has 1 heterocycles. The van der Waals surface area contributed by atoms with Crippen LogP contribution in [0.4, 0.5) is 0 Å². The molecular weight excluding hydrogens is 276 g/mol. The van der Waals surface area contributed by atoms with E-state index in [0.717, 1.165) is 23.3 Å². The zero-order valence-corrected chi connectivity index (χ0v) is 13.7. The fourth-order valence-corrected chi connectivity index (χ4v) is 4.44. The maximum atomic E-state index is 12.6. The third kappa shape index (κ3) is 3.44. The number of carbonyl (C=O) groups is 1. The molecule has 0 fully saturated rings. The van der Waals surface area contributed by atoms with Gasteiger partial charge in [0.2, 0.25) is 0 Å². The monoisotopic (exact) mass is 298 g/mol. The normalized spacial score (nSPS) is 14.6. The van der Waals surface area contributed by atoms with Crippen LogP contribution in [-0.2, 0) is 19.3 Å². The summed E-state index contributed by atoms with van der Waals surface area (Å²) in [6, 6.07) is 8.57. The number of benzene rings is 1. The van der Waals surface area contributed by atoms with Crippen molar-refractivity contribution >= 4 is 17.1 Å². The second kappa shape index (κ2) is 6.15. The summed E-state index contributed by atoms with van der Waals surface area (Å²) < 4.78 is 0. The Morgan fingerprint density at radius 1 is 1.00 bits per heavy atom. The summed E-state index contributed by atoms with van der Waals surface area (Å²) >= 11 is 1.73. The largest absolute Gasteiger partial charge is 0.293 e. The predicted octanol–water partition coefficient (Wildman–Crippen LogP) is 5.06. The zero-order chi connectivity index (χ0) is 14.8. The first-order valence-corrected chi connectivity index (χ1v) is 8.65. The minimum Gasteiger partial charge on any atom is -0.293 e. The van der Waals surface area contributed by atoms with Crippen LogP contribution in [0.1, 0.15) is 56.1 Å². The Morgan fingerprint density at radius 3 is 2.48 bits per heavy atom. The molecule has 0 radical (unpaired) electrons. The van der Waals surface area contributed by atoms with Crippen LogP contribution in [0.15, 0.2) is 24.3 Å². The highest BCUT2D eigenvalue weighted by molar-refractivity contribution is 7.14.